The summed E-state index contributed by atoms with van der Waals surface area (Å²) in [4.78, 5) is 27.6. The zero-order valence-corrected chi connectivity index (χ0v) is 16.3. The molecule has 1 unspecified atom stereocenters. The Kier molecular flexibility index (Phi) is 12.8. The van der Waals surface area contributed by atoms with Gasteiger partial charge in [0.05, 0.1) is 5.66 Å². The number of phosphoric acid groups is 1. The third-order valence-electron chi connectivity index (χ3n) is 3.97. The maximum absolute atomic E-state index is 12.2. The lowest BCUT2D eigenvalue weighted by Crippen LogP contribution is -2.11. The summed E-state index contributed by atoms with van der Waals surface area (Å²) in [6.07, 6.45) is 11.1. The molecule has 0 spiro atoms. The van der Waals surface area contributed by atoms with Crippen molar-refractivity contribution in [2.45, 2.75) is 96.6 Å². The molecule has 0 heterocycles. The van der Waals surface area contributed by atoms with E-state index < -0.39 is 21.1 Å². The van der Waals surface area contributed by atoms with Gasteiger partial charge < -0.3 is 14.7 Å². The Balaban J connectivity index is 4.46. The normalized spacial score (nSPS) is 15.0. The molecule has 0 rings (SSSR count). The molecule has 0 saturated carbocycles. The van der Waals surface area contributed by atoms with Crippen molar-refractivity contribution < 1.29 is 28.1 Å². The van der Waals surface area contributed by atoms with E-state index in [0.717, 1.165) is 64.2 Å². The Morgan fingerprint density at radius 1 is 0.739 bits per heavy atom. The second kappa shape index (κ2) is 12.6. The third kappa shape index (κ3) is 13.3. The van der Waals surface area contributed by atoms with E-state index in [9.17, 15) is 14.0 Å². The molecule has 0 aliphatic carbocycles. The molecule has 0 aliphatic rings. The number of unbranched alkanes of at least 4 members (excludes halogenated alkanes) is 8. The summed E-state index contributed by atoms with van der Waals surface area (Å²) in [6.45, 7) is 4.24. The fourth-order valence-corrected chi connectivity index (χ4v) is 5.43. The largest absolute Gasteiger partial charge is 0.476 e. The first-order valence-electron chi connectivity index (χ1n) is 8.82. The highest BCUT2D eigenvalue weighted by atomic mass is 31.3. The minimum Gasteiger partial charge on any atom is -0.324 e. The molecule has 0 aliphatic heterocycles. The average molecular weight is 372 g/mol. The van der Waals surface area contributed by atoms with Gasteiger partial charge in [0.15, 0.2) is 0 Å². The molecule has 1 atom stereocenters. The van der Waals surface area contributed by atoms with Crippen LogP contribution in [0, 0.1) is 0 Å². The molecule has 0 amide bonds. The first-order valence-corrected chi connectivity index (χ1v) is 12.0. The predicted octanol–water partition coefficient (Wildman–Crippen LogP) is 5.37. The number of hydrogen-bond acceptors (Lipinski definition) is 3. The first-order chi connectivity index (χ1) is 10.7. The van der Waals surface area contributed by atoms with Crippen molar-refractivity contribution in [2.75, 3.05) is 0 Å². The number of hydrogen-bond donors (Lipinski definition) is 3. The fourth-order valence-electron chi connectivity index (χ4n) is 2.66. The van der Waals surface area contributed by atoms with Gasteiger partial charge >= 0.3 is 15.4 Å². The summed E-state index contributed by atoms with van der Waals surface area (Å²) in [6, 6.07) is 0. The maximum Gasteiger partial charge on any atom is 0.476 e. The van der Waals surface area contributed by atoms with Crippen molar-refractivity contribution in [3.63, 3.8) is 0 Å². The molecule has 0 bridgehead atoms. The van der Waals surface area contributed by atoms with Crippen LogP contribution in [0.25, 0.3) is 0 Å². The maximum atomic E-state index is 12.2. The molecule has 0 fully saturated rings. The van der Waals surface area contributed by atoms with Crippen LogP contribution in [0.2, 0.25) is 0 Å². The van der Waals surface area contributed by atoms with Gasteiger partial charge in [-0.05, 0) is 12.8 Å². The average Bonchev–Trinajstić information content (AvgIpc) is 2.41. The standard InChI is InChI=1S/C15H34O6P2/c1-3-5-7-9-11-13-15(14-12-10-8-6-4-2)22(16,17)21-23(18,19)20/h15H,3-14H2,1-2H3,(H,16,17)(H2,18,19,20). The summed E-state index contributed by atoms with van der Waals surface area (Å²) in [5.41, 5.74) is -0.682. The van der Waals surface area contributed by atoms with Crippen molar-refractivity contribution in [2.24, 2.45) is 0 Å². The molecular weight excluding hydrogens is 338 g/mol. The monoisotopic (exact) mass is 372 g/mol. The van der Waals surface area contributed by atoms with Crippen LogP contribution in [0.1, 0.15) is 90.9 Å². The molecule has 3 N–H and O–H groups in total. The van der Waals surface area contributed by atoms with Gasteiger partial charge in [-0.3, -0.25) is 4.57 Å². The Morgan fingerprint density at radius 2 is 1.13 bits per heavy atom. The summed E-state index contributed by atoms with van der Waals surface area (Å²) in [7, 11) is -9.25. The van der Waals surface area contributed by atoms with Crippen molar-refractivity contribution >= 4 is 15.4 Å². The minimum absolute atomic E-state index is 0.477. The van der Waals surface area contributed by atoms with Crippen LogP contribution in [0.4, 0.5) is 0 Å². The van der Waals surface area contributed by atoms with Crippen molar-refractivity contribution in [1.29, 1.82) is 0 Å². The smallest absolute Gasteiger partial charge is 0.324 e. The van der Waals surface area contributed by atoms with Crippen molar-refractivity contribution in [1.82, 2.24) is 0 Å². The second-order valence-corrected chi connectivity index (χ2v) is 9.69. The van der Waals surface area contributed by atoms with Crippen LogP contribution in [0.15, 0.2) is 0 Å². The SMILES string of the molecule is CCCCCCCC(CCCCCCC)P(=O)(O)OP(=O)(O)O. The van der Waals surface area contributed by atoms with Gasteiger partial charge in [-0.15, -0.1) is 0 Å². The van der Waals surface area contributed by atoms with Gasteiger partial charge in [0, 0.05) is 0 Å². The third-order valence-corrected chi connectivity index (χ3v) is 7.19. The van der Waals surface area contributed by atoms with Crippen molar-refractivity contribution in [3.8, 4) is 0 Å². The fraction of sp³-hybridized carbons (Fsp3) is 1.00. The lowest BCUT2D eigenvalue weighted by molar-refractivity contribution is 0.256. The molecule has 0 aromatic heterocycles. The molecule has 23 heavy (non-hydrogen) atoms. The molecule has 0 radical (unpaired) electrons. The molecule has 0 saturated heterocycles. The van der Waals surface area contributed by atoms with Crippen LogP contribution in [0.5, 0.6) is 0 Å². The Hall–Kier alpha value is 0.300. The minimum atomic E-state index is -4.95. The van der Waals surface area contributed by atoms with E-state index in [1.54, 1.807) is 0 Å². The first kappa shape index (κ1) is 23.3. The van der Waals surface area contributed by atoms with E-state index in [-0.39, 0.29) is 0 Å². The lowest BCUT2D eigenvalue weighted by Gasteiger charge is -2.22. The predicted molar refractivity (Wildman–Crippen MR) is 93.5 cm³/mol. The topological polar surface area (TPSA) is 104 Å². The van der Waals surface area contributed by atoms with E-state index in [4.69, 9.17) is 9.79 Å². The van der Waals surface area contributed by atoms with Crippen LogP contribution < -0.4 is 0 Å². The quantitative estimate of drug-likeness (QED) is 0.264. The molecule has 140 valence electrons. The molecular formula is C15H34O6P2. The molecule has 0 aromatic carbocycles. The lowest BCUT2D eigenvalue weighted by atomic mass is 10.0. The van der Waals surface area contributed by atoms with Gasteiger partial charge in [-0.1, -0.05) is 78.1 Å². The Labute approximate surface area is 140 Å². The Bertz CT molecular complexity index is 368. The summed E-state index contributed by atoms with van der Waals surface area (Å²) < 4.78 is 27.4. The zero-order chi connectivity index (χ0) is 17.8. The van der Waals surface area contributed by atoms with Gasteiger partial charge in [0.1, 0.15) is 0 Å². The van der Waals surface area contributed by atoms with Crippen LogP contribution in [-0.2, 0) is 13.4 Å². The second-order valence-electron chi connectivity index (χ2n) is 6.20. The highest BCUT2D eigenvalue weighted by Crippen LogP contribution is 2.61. The summed E-state index contributed by atoms with van der Waals surface area (Å²) in [5, 5.41) is 0. The van der Waals surface area contributed by atoms with E-state index in [2.05, 4.69) is 18.2 Å². The van der Waals surface area contributed by atoms with Crippen LogP contribution in [0.3, 0.4) is 0 Å². The van der Waals surface area contributed by atoms with Gasteiger partial charge in [-0.25, -0.2) is 8.88 Å². The summed E-state index contributed by atoms with van der Waals surface area (Å²) >= 11 is 0. The van der Waals surface area contributed by atoms with E-state index >= 15 is 0 Å². The molecule has 8 heteroatoms. The van der Waals surface area contributed by atoms with E-state index in [1.165, 1.54) is 0 Å². The van der Waals surface area contributed by atoms with Crippen LogP contribution >= 0.6 is 15.4 Å². The summed E-state index contributed by atoms with van der Waals surface area (Å²) in [5.74, 6) is 0. The number of rotatable bonds is 15. The highest BCUT2D eigenvalue weighted by Gasteiger charge is 2.37. The zero-order valence-electron chi connectivity index (χ0n) is 14.5. The van der Waals surface area contributed by atoms with Gasteiger partial charge in [0.2, 0.25) is 0 Å². The van der Waals surface area contributed by atoms with E-state index in [0.29, 0.717) is 12.8 Å². The van der Waals surface area contributed by atoms with Gasteiger partial charge in [-0.2, -0.15) is 0 Å². The van der Waals surface area contributed by atoms with Gasteiger partial charge in [0.25, 0.3) is 0 Å². The molecule has 6 nitrogen and oxygen atoms in total. The molecule has 0 aromatic rings. The van der Waals surface area contributed by atoms with Crippen molar-refractivity contribution in [3.05, 3.63) is 0 Å². The Morgan fingerprint density at radius 3 is 1.48 bits per heavy atom. The van der Waals surface area contributed by atoms with Crippen LogP contribution in [-0.4, -0.2) is 20.3 Å². The highest BCUT2D eigenvalue weighted by molar-refractivity contribution is 7.64. The van der Waals surface area contributed by atoms with E-state index in [1.807, 2.05) is 0 Å².